The molecular weight excluding hydrogens is 326 g/mol. The van der Waals surface area contributed by atoms with Crippen molar-refractivity contribution in [3.05, 3.63) is 35.7 Å². The number of hydrogen-bond donors (Lipinski definition) is 0. The summed E-state index contributed by atoms with van der Waals surface area (Å²) in [4.78, 5) is 17.2. The average molecular weight is 362 g/mol. The zero-order valence-electron chi connectivity index (χ0n) is 17.2. The molecule has 0 fully saturated rings. The number of Topliss-reactive ketones (excluding diaryl/α,β-unsaturated/α-hetero) is 1. The first-order valence-corrected chi connectivity index (χ1v) is 9.61. The molecule has 0 spiro atoms. The highest BCUT2D eigenvalue weighted by atomic mass is 16.7. The number of unbranched alkanes of at least 4 members (excludes halogenated alkanes) is 1. The quantitative estimate of drug-likeness (QED) is 0.488. The van der Waals surface area contributed by atoms with Crippen LogP contribution < -0.4 is 0 Å². The van der Waals surface area contributed by atoms with Crippen LogP contribution in [-0.2, 0) is 20.7 Å². The van der Waals surface area contributed by atoms with Crippen molar-refractivity contribution < 1.29 is 14.3 Å². The summed E-state index contributed by atoms with van der Waals surface area (Å²) in [7, 11) is 1.58. The van der Waals surface area contributed by atoms with Gasteiger partial charge in [-0.2, -0.15) is 0 Å². The Bertz CT molecular complexity index is 583. The zero-order valence-corrected chi connectivity index (χ0v) is 17.2. The smallest absolute Gasteiger partial charge is 0.162 e. The van der Waals surface area contributed by atoms with E-state index in [1.807, 2.05) is 12.1 Å². The van der Waals surface area contributed by atoms with Crippen LogP contribution in [0.1, 0.15) is 65.1 Å². The number of hydrogen-bond acceptors (Lipinski definition) is 4. The summed E-state index contributed by atoms with van der Waals surface area (Å²) in [5.41, 5.74) is 1.05. The number of carbonyl (C=O) groups excluding carboxylic acids is 1. The first-order chi connectivity index (χ1) is 12.4. The average Bonchev–Trinajstić information content (AvgIpc) is 2.58. The van der Waals surface area contributed by atoms with E-state index in [4.69, 9.17) is 9.47 Å². The lowest BCUT2D eigenvalue weighted by molar-refractivity contribution is -0.174. The minimum atomic E-state index is -0.918. The van der Waals surface area contributed by atoms with E-state index < -0.39 is 5.60 Å². The molecule has 1 aromatic rings. The molecule has 0 aliphatic rings. The van der Waals surface area contributed by atoms with Crippen LogP contribution in [0.15, 0.2) is 24.4 Å². The summed E-state index contributed by atoms with van der Waals surface area (Å²) in [6.45, 7) is 10.3. The summed E-state index contributed by atoms with van der Waals surface area (Å²) < 4.78 is 11.1. The molecule has 1 aromatic heterocycles. The normalized spacial score (nSPS) is 15.3. The van der Waals surface area contributed by atoms with Crippen molar-refractivity contribution in [2.75, 3.05) is 13.9 Å². The summed E-state index contributed by atoms with van der Waals surface area (Å²) in [5.74, 6) is 0.568. The topological polar surface area (TPSA) is 48.4 Å². The number of methoxy groups -OCH3 is 1. The van der Waals surface area contributed by atoms with Crippen LogP contribution in [0.4, 0.5) is 0 Å². The molecule has 1 heterocycles. The van der Waals surface area contributed by atoms with E-state index in [2.05, 4.69) is 44.8 Å². The van der Waals surface area contributed by atoms with E-state index in [0.29, 0.717) is 12.3 Å². The lowest BCUT2D eigenvalue weighted by Gasteiger charge is -2.37. The molecule has 0 amide bonds. The number of rotatable bonds is 12. The number of pyridine rings is 1. The molecule has 4 nitrogen and oxygen atoms in total. The van der Waals surface area contributed by atoms with Crippen molar-refractivity contribution >= 4 is 11.9 Å². The third kappa shape index (κ3) is 6.65. The molecule has 0 aliphatic heterocycles. The summed E-state index contributed by atoms with van der Waals surface area (Å²) in [6.07, 6.45) is 9.61. The molecule has 0 aromatic carbocycles. The number of ketones is 1. The van der Waals surface area contributed by atoms with E-state index in [-0.39, 0.29) is 18.5 Å². The van der Waals surface area contributed by atoms with E-state index in [1.165, 1.54) is 0 Å². The maximum Gasteiger partial charge on any atom is 0.162 e. The monoisotopic (exact) mass is 361 g/mol. The van der Waals surface area contributed by atoms with Crippen LogP contribution >= 0.6 is 0 Å². The Morgan fingerprint density at radius 2 is 2.08 bits per heavy atom. The number of carbonyl (C=O) groups is 1. The molecule has 4 heteroatoms. The van der Waals surface area contributed by atoms with Gasteiger partial charge in [0, 0.05) is 25.4 Å². The van der Waals surface area contributed by atoms with Crippen molar-refractivity contribution in [2.45, 2.75) is 65.9 Å². The van der Waals surface area contributed by atoms with Gasteiger partial charge in [0.15, 0.2) is 5.78 Å². The minimum absolute atomic E-state index is 0.0245. The Balaban J connectivity index is 3.14. The SMILES string of the molecule is CCC/C=C/c1ccnc(CC(OCOC)(C(C)=O)[C@@H](C)CC(C)C)c1. The lowest BCUT2D eigenvalue weighted by Crippen LogP contribution is -2.49. The van der Waals surface area contributed by atoms with Crippen molar-refractivity contribution in [3.63, 3.8) is 0 Å². The second-order valence-electron chi connectivity index (χ2n) is 7.48. The van der Waals surface area contributed by atoms with Crippen molar-refractivity contribution in [1.29, 1.82) is 0 Å². The first-order valence-electron chi connectivity index (χ1n) is 9.61. The van der Waals surface area contributed by atoms with Gasteiger partial charge in [-0.05, 0) is 49.3 Å². The third-order valence-electron chi connectivity index (χ3n) is 4.70. The third-order valence-corrected chi connectivity index (χ3v) is 4.70. The van der Waals surface area contributed by atoms with Gasteiger partial charge in [-0.15, -0.1) is 0 Å². The van der Waals surface area contributed by atoms with Crippen molar-refractivity contribution in [1.82, 2.24) is 4.98 Å². The Morgan fingerprint density at radius 1 is 1.35 bits per heavy atom. The lowest BCUT2D eigenvalue weighted by atomic mass is 9.77. The highest BCUT2D eigenvalue weighted by Crippen LogP contribution is 2.32. The summed E-state index contributed by atoms with van der Waals surface area (Å²) in [5, 5.41) is 0. The fourth-order valence-corrected chi connectivity index (χ4v) is 3.35. The number of allylic oxidation sites excluding steroid dienone is 1. The van der Waals surface area contributed by atoms with Crippen LogP contribution in [0.5, 0.6) is 0 Å². The Labute approximate surface area is 159 Å². The predicted molar refractivity (Wildman–Crippen MR) is 107 cm³/mol. The molecule has 0 saturated carbocycles. The fourth-order valence-electron chi connectivity index (χ4n) is 3.35. The van der Waals surface area contributed by atoms with Gasteiger partial charge in [-0.1, -0.05) is 46.3 Å². The molecule has 0 radical (unpaired) electrons. The number of nitrogens with zero attached hydrogens (tertiary/aromatic N) is 1. The molecule has 1 unspecified atom stereocenters. The Morgan fingerprint density at radius 3 is 2.65 bits per heavy atom. The van der Waals surface area contributed by atoms with Gasteiger partial charge in [0.05, 0.1) is 0 Å². The zero-order chi connectivity index (χ0) is 19.6. The highest BCUT2D eigenvalue weighted by Gasteiger charge is 2.43. The largest absolute Gasteiger partial charge is 0.359 e. The molecule has 1 rings (SSSR count). The van der Waals surface area contributed by atoms with Gasteiger partial charge < -0.3 is 9.47 Å². The van der Waals surface area contributed by atoms with Gasteiger partial charge in [0.25, 0.3) is 0 Å². The minimum Gasteiger partial charge on any atom is -0.359 e. The maximum atomic E-state index is 12.7. The van der Waals surface area contributed by atoms with Gasteiger partial charge in [-0.25, -0.2) is 0 Å². The van der Waals surface area contributed by atoms with Crippen LogP contribution in [0, 0.1) is 11.8 Å². The molecule has 2 atom stereocenters. The predicted octanol–water partition coefficient (Wildman–Crippen LogP) is 5.07. The van der Waals surface area contributed by atoms with Crippen LogP contribution in [0.2, 0.25) is 0 Å². The van der Waals surface area contributed by atoms with Crippen molar-refractivity contribution in [2.24, 2.45) is 11.8 Å². The van der Waals surface area contributed by atoms with Crippen LogP contribution in [0.25, 0.3) is 6.08 Å². The highest BCUT2D eigenvalue weighted by molar-refractivity contribution is 5.85. The van der Waals surface area contributed by atoms with Gasteiger partial charge in [0.1, 0.15) is 12.4 Å². The molecule has 0 N–H and O–H groups in total. The van der Waals surface area contributed by atoms with Crippen LogP contribution in [-0.4, -0.2) is 30.3 Å². The number of aromatic nitrogens is 1. The second kappa shape index (κ2) is 11.2. The first kappa shape index (κ1) is 22.5. The summed E-state index contributed by atoms with van der Waals surface area (Å²) >= 11 is 0. The standard InChI is InChI=1S/C22H35NO3/c1-7-8-9-10-20-11-12-23-21(14-20)15-22(19(5)24,26-16-25-6)18(4)13-17(2)3/h9-12,14,17-18H,7-8,13,15-16H2,1-6H3/b10-9+/t18-,22?/m0/s1. The Hall–Kier alpha value is -1.52. The van der Waals surface area contributed by atoms with Gasteiger partial charge in [-0.3, -0.25) is 9.78 Å². The van der Waals surface area contributed by atoms with E-state index >= 15 is 0 Å². The van der Waals surface area contributed by atoms with E-state index in [9.17, 15) is 4.79 Å². The fraction of sp³-hybridized carbons (Fsp3) is 0.636. The molecule has 146 valence electrons. The van der Waals surface area contributed by atoms with E-state index in [1.54, 1.807) is 20.2 Å². The van der Waals surface area contributed by atoms with Gasteiger partial charge in [0.2, 0.25) is 0 Å². The van der Waals surface area contributed by atoms with Crippen LogP contribution in [0.3, 0.4) is 0 Å². The van der Waals surface area contributed by atoms with Gasteiger partial charge >= 0.3 is 0 Å². The molecule has 0 saturated heterocycles. The summed E-state index contributed by atoms with van der Waals surface area (Å²) in [6, 6.07) is 4.03. The second-order valence-corrected chi connectivity index (χ2v) is 7.48. The molecule has 0 bridgehead atoms. The van der Waals surface area contributed by atoms with E-state index in [0.717, 1.165) is 30.5 Å². The molecule has 0 aliphatic carbocycles. The Kier molecular flexibility index (Phi) is 9.74. The maximum absolute atomic E-state index is 12.7. The number of ether oxygens (including phenoxy) is 2. The van der Waals surface area contributed by atoms with Crippen molar-refractivity contribution in [3.8, 4) is 0 Å². The molecule has 26 heavy (non-hydrogen) atoms. The molecular formula is C22H35NO3.